The van der Waals surface area contributed by atoms with Crippen molar-refractivity contribution in [3.05, 3.63) is 102 Å². The van der Waals surface area contributed by atoms with Gasteiger partial charge in [0, 0.05) is 12.4 Å². The minimum absolute atomic E-state index is 0.0301. The van der Waals surface area contributed by atoms with Crippen LogP contribution < -0.4 is 5.32 Å². The number of aromatic nitrogens is 1. The average Bonchev–Trinajstić information content (AvgIpc) is 2.61. The van der Waals surface area contributed by atoms with Crippen LogP contribution in [0.25, 0.3) is 0 Å². The highest BCUT2D eigenvalue weighted by molar-refractivity contribution is 5.94. The van der Waals surface area contributed by atoms with E-state index in [-0.39, 0.29) is 11.6 Å². The molecule has 1 atom stereocenters. The molecule has 0 aliphatic heterocycles. The smallest absolute Gasteiger partial charge is 0.255 e. The number of halogens is 1. The number of nitrogens with zero attached hydrogens (tertiary/aromatic N) is 1. The summed E-state index contributed by atoms with van der Waals surface area (Å²) in [4.78, 5) is 16.5. The van der Waals surface area contributed by atoms with Crippen LogP contribution >= 0.6 is 0 Å². The third-order valence-corrected chi connectivity index (χ3v) is 3.57. The van der Waals surface area contributed by atoms with Crippen LogP contribution in [0.4, 0.5) is 4.39 Å². The summed E-state index contributed by atoms with van der Waals surface area (Å²) in [6, 6.07) is 18.8. The molecule has 1 unspecified atom stereocenters. The fourth-order valence-electron chi connectivity index (χ4n) is 2.41. The van der Waals surface area contributed by atoms with E-state index in [4.69, 9.17) is 0 Å². The van der Waals surface area contributed by atoms with Gasteiger partial charge in [0.1, 0.15) is 5.82 Å². The Bertz CT molecular complexity index is 751. The molecule has 3 nitrogen and oxygen atoms in total. The van der Waals surface area contributed by atoms with E-state index in [1.54, 1.807) is 24.5 Å². The molecule has 1 amide bonds. The summed E-state index contributed by atoms with van der Waals surface area (Å²) in [5.41, 5.74) is 1.83. The van der Waals surface area contributed by atoms with Gasteiger partial charge in [0.15, 0.2) is 0 Å². The fourth-order valence-corrected chi connectivity index (χ4v) is 2.41. The Hall–Kier alpha value is -3.01. The predicted octanol–water partition coefficient (Wildman–Crippen LogP) is 3.74. The van der Waals surface area contributed by atoms with Crippen LogP contribution in [0.2, 0.25) is 0 Å². The zero-order chi connectivity index (χ0) is 16.1. The molecule has 0 bridgehead atoms. The second kappa shape index (κ2) is 6.83. The van der Waals surface area contributed by atoms with Crippen molar-refractivity contribution in [1.82, 2.24) is 10.3 Å². The first-order valence-corrected chi connectivity index (χ1v) is 7.26. The number of carbonyl (C=O) groups is 1. The Morgan fingerprint density at radius 1 is 0.870 bits per heavy atom. The molecule has 3 aromatic rings. The van der Waals surface area contributed by atoms with Crippen molar-refractivity contribution in [3.8, 4) is 0 Å². The third-order valence-electron chi connectivity index (χ3n) is 3.57. The SMILES string of the molecule is O=C(NC(c1ccccc1)c1ccncc1)c1ccccc1F. The Labute approximate surface area is 133 Å². The van der Waals surface area contributed by atoms with Crippen LogP contribution in [-0.2, 0) is 0 Å². The van der Waals surface area contributed by atoms with Gasteiger partial charge in [0.2, 0.25) is 0 Å². The van der Waals surface area contributed by atoms with Crippen molar-refractivity contribution in [2.24, 2.45) is 0 Å². The summed E-state index contributed by atoms with van der Waals surface area (Å²) < 4.78 is 13.8. The van der Waals surface area contributed by atoms with Crippen molar-refractivity contribution >= 4 is 5.91 Å². The molecule has 2 aromatic carbocycles. The first-order chi connectivity index (χ1) is 11.3. The summed E-state index contributed by atoms with van der Waals surface area (Å²) in [7, 11) is 0. The van der Waals surface area contributed by atoms with E-state index in [9.17, 15) is 9.18 Å². The molecule has 0 aliphatic rings. The van der Waals surface area contributed by atoms with Gasteiger partial charge in [-0.05, 0) is 35.4 Å². The van der Waals surface area contributed by atoms with E-state index in [2.05, 4.69) is 10.3 Å². The summed E-state index contributed by atoms with van der Waals surface area (Å²) in [5, 5.41) is 2.90. The van der Waals surface area contributed by atoms with Gasteiger partial charge in [-0.3, -0.25) is 9.78 Å². The number of benzene rings is 2. The second-order valence-electron chi connectivity index (χ2n) is 5.08. The largest absolute Gasteiger partial charge is 0.341 e. The maximum Gasteiger partial charge on any atom is 0.255 e. The van der Waals surface area contributed by atoms with Crippen LogP contribution in [0.15, 0.2) is 79.1 Å². The normalized spacial score (nSPS) is 11.7. The summed E-state index contributed by atoms with van der Waals surface area (Å²) in [6.07, 6.45) is 3.33. The molecule has 0 aliphatic carbocycles. The summed E-state index contributed by atoms with van der Waals surface area (Å²) in [5.74, 6) is -0.986. The molecule has 0 saturated heterocycles. The average molecular weight is 306 g/mol. The topological polar surface area (TPSA) is 42.0 Å². The van der Waals surface area contributed by atoms with E-state index in [1.807, 2.05) is 42.5 Å². The lowest BCUT2D eigenvalue weighted by molar-refractivity contribution is 0.0939. The zero-order valence-electron chi connectivity index (χ0n) is 12.3. The van der Waals surface area contributed by atoms with Crippen molar-refractivity contribution in [2.45, 2.75) is 6.04 Å². The van der Waals surface area contributed by atoms with Crippen LogP contribution in [0, 0.1) is 5.82 Å². The number of amides is 1. The van der Waals surface area contributed by atoms with Gasteiger partial charge >= 0.3 is 0 Å². The maximum atomic E-state index is 13.8. The van der Waals surface area contributed by atoms with Crippen molar-refractivity contribution in [2.75, 3.05) is 0 Å². The van der Waals surface area contributed by atoms with Gasteiger partial charge in [-0.25, -0.2) is 4.39 Å². The molecule has 1 aromatic heterocycles. The number of carbonyl (C=O) groups excluding carboxylic acids is 1. The first kappa shape index (κ1) is 14.9. The van der Waals surface area contributed by atoms with Crippen LogP contribution in [0.3, 0.4) is 0 Å². The summed E-state index contributed by atoms with van der Waals surface area (Å²) >= 11 is 0. The van der Waals surface area contributed by atoms with E-state index in [1.165, 1.54) is 12.1 Å². The van der Waals surface area contributed by atoms with E-state index < -0.39 is 11.7 Å². The Morgan fingerprint density at radius 2 is 1.48 bits per heavy atom. The first-order valence-electron chi connectivity index (χ1n) is 7.26. The van der Waals surface area contributed by atoms with Crippen molar-refractivity contribution in [1.29, 1.82) is 0 Å². The molecule has 0 radical (unpaired) electrons. The standard InChI is InChI=1S/C19H15FN2O/c20-17-9-5-4-8-16(17)19(23)22-18(14-6-2-1-3-7-14)15-10-12-21-13-11-15/h1-13,18H,(H,22,23). The number of rotatable bonds is 4. The molecule has 0 saturated carbocycles. The minimum atomic E-state index is -0.536. The Balaban J connectivity index is 1.94. The number of nitrogens with one attached hydrogen (secondary N) is 1. The van der Waals surface area contributed by atoms with Crippen LogP contribution in [-0.4, -0.2) is 10.9 Å². The number of pyridine rings is 1. The van der Waals surface area contributed by atoms with Crippen LogP contribution in [0.1, 0.15) is 27.5 Å². The van der Waals surface area contributed by atoms with Gasteiger partial charge in [-0.1, -0.05) is 42.5 Å². The third kappa shape index (κ3) is 3.43. The fraction of sp³-hybridized carbons (Fsp3) is 0.0526. The molecule has 4 heteroatoms. The zero-order valence-corrected chi connectivity index (χ0v) is 12.3. The second-order valence-corrected chi connectivity index (χ2v) is 5.08. The Kier molecular flexibility index (Phi) is 4.43. The van der Waals surface area contributed by atoms with Crippen molar-refractivity contribution in [3.63, 3.8) is 0 Å². The molecule has 0 spiro atoms. The molecular weight excluding hydrogens is 291 g/mol. The summed E-state index contributed by atoms with van der Waals surface area (Å²) in [6.45, 7) is 0. The minimum Gasteiger partial charge on any atom is -0.341 e. The quantitative estimate of drug-likeness (QED) is 0.798. The Morgan fingerprint density at radius 3 is 2.17 bits per heavy atom. The van der Waals surface area contributed by atoms with E-state index >= 15 is 0 Å². The van der Waals surface area contributed by atoms with Crippen LogP contribution in [0.5, 0.6) is 0 Å². The molecular formula is C19H15FN2O. The van der Waals surface area contributed by atoms with Gasteiger partial charge in [0.25, 0.3) is 5.91 Å². The molecule has 3 rings (SSSR count). The molecule has 23 heavy (non-hydrogen) atoms. The predicted molar refractivity (Wildman–Crippen MR) is 86.4 cm³/mol. The van der Waals surface area contributed by atoms with Gasteiger partial charge in [0.05, 0.1) is 11.6 Å². The van der Waals surface area contributed by atoms with E-state index in [0.29, 0.717) is 0 Å². The number of hydrogen-bond donors (Lipinski definition) is 1. The lowest BCUT2D eigenvalue weighted by Crippen LogP contribution is -2.30. The molecule has 114 valence electrons. The molecule has 0 fully saturated rings. The lowest BCUT2D eigenvalue weighted by Gasteiger charge is -2.20. The lowest BCUT2D eigenvalue weighted by atomic mass is 9.99. The maximum absolute atomic E-state index is 13.8. The highest BCUT2D eigenvalue weighted by atomic mass is 19.1. The number of hydrogen-bond acceptors (Lipinski definition) is 2. The monoisotopic (exact) mass is 306 g/mol. The van der Waals surface area contributed by atoms with Crippen molar-refractivity contribution < 1.29 is 9.18 Å². The van der Waals surface area contributed by atoms with Gasteiger partial charge in [-0.15, -0.1) is 0 Å². The van der Waals surface area contributed by atoms with E-state index in [0.717, 1.165) is 11.1 Å². The van der Waals surface area contributed by atoms with Gasteiger partial charge in [-0.2, -0.15) is 0 Å². The molecule has 1 N–H and O–H groups in total. The molecule has 1 heterocycles. The highest BCUT2D eigenvalue weighted by Crippen LogP contribution is 2.22. The highest BCUT2D eigenvalue weighted by Gasteiger charge is 2.19. The van der Waals surface area contributed by atoms with Gasteiger partial charge < -0.3 is 5.32 Å².